The van der Waals surface area contributed by atoms with Crippen LogP contribution in [0.25, 0.3) is 68.3 Å². The van der Waals surface area contributed by atoms with Crippen molar-refractivity contribution in [1.29, 1.82) is 0 Å². The van der Waals surface area contributed by atoms with Crippen LogP contribution in [0.5, 0.6) is 0 Å². The Bertz CT molecular complexity index is 3700. The minimum absolute atomic E-state index is 0. The summed E-state index contributed by atoms with van der Waals surface area (Å²) in [5, 5.41) is 88.4. The van der Waals surface area contributed by atoms with Crippen molar-refractivity contribution < 1.29 is 111 Å². The predicted molar refractivity (Wildman–Crippen MR) is 339 cm³/mol. The quantitative estimate of drug-likeness (QED) is 0.0648. The molecule has 12 aromatic heterocycles. The fourth-order valence-corrected chi connectivity index (χ4v) is 8.94. The Morgan fingerprint density at radius 1 is 0.255 bits per heavy atom. The summed E-state index contributed by atoms with van der Waals surface area (Å²) in [6.07, 6.45) is 11.7. The number of aromatic nitrogens is 18. The molecule has 40 heteroatoms. The average Bonchev–Trinajstić information content (AvgIpc) is 1.65. The van der Waals surface area contributed by atoms with Crippen molar-refractivity contribution >= 4 is 14.2 Å². The van der Waals surface area contributed by atoms with Gasteiger partial charge in [0.25, 0.3) is 0 Å². The molecule has 0 amide bonds. The van der Waals surface area contributed by atoms with Crippen LogP contribution in [-0.2, 0) is 11.0 Å². The molecule has 12 rings (SSSR count). The number of rotatable bonds is 12. The van der Waals surface area contributed by atoms with Crippen LogP contribution in [0.2, 0.25) is 0 Å². The Labute approximate surface area is 596 Å². The second kappa shape index (κ2) is 37.2. The number of nitrogens with zero attached hydrogens (tertiary/aromatic N) is 22. The van der Waals surface area contributed by atoms with Crippen LogP contribution >= 0.6 is 0 Å². The van der Waals surface area contributed by atoms with Crippen molar-refractivity contribution in [3.63, 3.8) is 0 Å². The Kier molecular flexibility index (Phi) is 30.9. The molecule has 6 N–H and O–H groups in total. The molecule has 0 bridgehead atoms. The predicted octanol–water partition coefficient (Wildman–Crippen LogP) is 5.30. The number of hydrogen-bond donors (Lipinski definition) is 0. The zero-order valence-corrected chi connectivity index (χ0v) is 54.9. The van der Waals surface area contributed by atoms with E-state index in [0.717, 1.165) is 102 Å². The van der Waals surface area contributed by atoms with Gasteiger partial charge in [0.15, 0.2) is 0 Å². The van der Waals surface area contributed by atoms with Gasteiger partial charge in [-0.2, -0.15) is 0 Å². The molecule has 36 nitrogen and oxygen atoms in total. The van der Waals surface area contributed by atoms with Gasteiger partial charge in [-0.15, -0.1) is 0 Å². The van der Waals surface area contributed by atoms with Gasteiger partial charge in [0.1, 0.15) is 34.2 Å². The van der Waals surface area contributed by atoms with E-state index in [1.165, 1.54) is 0 Å². The third-order valence-corrected chi connectivity index (χ3v) is 12.5. The molecule has 0 aliphatic rings. The van der Waals surface area contributed by atoms with E-state index in [4.69, 9.17) is 91.9 Å². The molecule has 0 fully saturated rings. The zero-order chi connectivity index (χ0) is 65.0. The number of aryl methyl sites for hydroxylation is 6. The average molecular weight is 1570 g/mol. The molecule has 0 spiro atoms. The second-order valence-electron chi connectivity index (χ2n) is 19.2. The van der Waals surface area contributed by atoms with E-state index in [0.29, 0.717) is 0 Å². The fourth-order valence-electron chi connectivity index (χ4n) is 8.94. The molecule has 12 heterocycles. The summed E-state index contributed by atoms with van der Waals surface area (Å²) in [6, 6.07) is 47.4. The summed E-state index contributed by atoms with van der Waals surface area (Å²) in [7, 11) is -3.18. The maximum absolute atomic E-state index is 8.25. The molecule has 0 aliphatic heterocycles. The van der Waals surface area contributed by atoms with Gasteiger partial charge in [-0.1, -0.05) is 36.4 Å². The van der Waals surface area contributed by atoms with Gasteiger partial charge in [-0.05, 0) is 188 Å². The summed E-state index contributed by atoms with van der Waals surface area (Å²) in [6.45, 7) is 11.9. The summed E-state index contributed by atoms with van der Waals surface area (Å²) in [5.74, 6) is 0. The van der Waals surface area contributed by atoms with Crippen LogP contribution < -0.4 is 0 Å². The number of hydrogen-bond acceptors (Lipinski definition) is 24. The molecule has 2 radical (unpaired) electrons. The largest absolute Gasteiger partial charge is 3.00 e. The summed E-state index contributed by atoms with van der Waals surface area (Å²) >= 11 is 0. The molecule has 0 atom stereocenters. The molecule has 0 unspecified atom stereocenters. The van der Waals surface area contributed by atoms with E-state index in [1.54, 1.807) is 0 Å². The molecule has 0 saturated heterocycles. The minimum atomic E-state index is -1.75. The molecular weight excluding hydrogens is 1520 g/mol. The first-order valence-electron chi connectivity index (χ1n) is 26.6. The van der Waals surface area contributed by atoms with E-state index in [2.05, 4.69) is 29.9 Å². The van der Waals surface area contributed by atoms with Crippen molar-refractivity contribution in [3.05, 3.63) is 278 Å². The van der Waals surface area contributed by atoms with E-state index < -0.39 is 34.6 Å². The summed E-state index contributed by atoms with van der Waals surface area (Å²) < 4.78 is 11.5. The van der Waals surface area contributed by atoms with Crippen molar-refractivity contribution in [1.82, 2.24) is 88.1 Å². The van der Waals surface area contributed by atoms with Crippen molar-refractivity contribution in [3.8, 4) is 68.3 Å². The van der Waals surface area contributed by atoms with Crippen molar-refractivity contribution in [2.24, 2.45) is 0 Å². The van der Waals surface area contributed by atoms with Crippen LogP contribution in [0.4, 0.5) is 0 Å². The van der Waals surface area contributed by atoms with E-state index >= 15 is 0 Å². The second-order valence-corrected chi connectivity index (χ2v) is 19.2. The monoisotopic (exact) mass is 1570 g/mol. The van der Waals surface area contributed by atoms with E-state index in [9.17, 15) is 0 Å². The normalized spacial score (nSPS) is 9.96. The molecule has 0 aliphatic carbocycles. The molecule has 0 saturated carbocycles. The smallest absolute Gasteiger partial charge is 0.457 e. The zero-order valence-electron chi connectivity index (χ0n) is 50.3. The molecule has 94 heavy (non-hydrogen) atoms. The maximum Gasteiger partial charge on any atom is 3.00 e. The van der Waals surface area contributed by atoms with E-state index in [1.807, 2.05) is 252 Å². The Hall–Kier alpha value is -10.3. The summed E-state index contributed by atoms with van der Waals surface area (Å²) in [4.78, 5) is 60.8. The van der Waals surface area contributed by atoms with Gasteiger partial charge in [0, 0.05) is 34.2 Å². The van der Waals surface area contributed by atoms with Crippen LogP contribution in [-0.4, -0.2) is 123 Å². The summed E-state index contributed by atoms with van der Waals surface area (Å²) in [5.41, 5.74) is 15.4. The Morgan fingerprint density at radius 3 is 0.500 bits per heavy atom. The van der Waals surface area contributed by atoms with Crippen LogP contribution in [0.3, 0.4) is 0 Å². The third kappa shape index (κ3) is 23.1. The molecule has 486 valence electrons. The SMILES string of the molecule is Cc1cccc(-c2ccn([BH-](n3ccc(-c4cccc(C)n4)n3)n3ccc(-c4cccc(C)n4)n3)n2)n1.Cc1cccc(-c2ccn([BH-](n3ccc(-c4cccc(C)n4)n3)n3ccc(-c4cccc(C)n4)n3)n2)n1.O=[N+]([O-])[O-].O=[N+]([O-])[O-].O=[N+]([O-])[O-].O=[N+]([O-])[O-].[Gd+3].[Gd+3].[OH3+].[OH3+]. The fraction of sp³-hybridized carbons (Fsp3) is 0.111. The first kappa shape index (κ1) is 77.9. The Morgan fingerprint density at radius 2 is 0.383 bits per heavy atom. The van der Waals surface area contributed by atoms with Gasteiger partial charge < -0.3 is 99.8 Å². The molecule has 0 aromatic carbocycles. The third-order valence-electron chi connectivity index (χ3n) is 12.5. The van der Waals surface area contributed by atoms with Gasteiger partial charge in [0.05, 0.1) is 54.5 Å². The standard InChI is InChI=1S/2C27H25BN9.2Gd.4NO3.2H2O/c2*1-19-7-4-10-22(29-19)25-13-16-35(32-25)28(36-17-14-26(33-36)23-11-5-8-20(2)30-23)37-18-15-27(34-37)24-12-6-9-21(3)31-24;;;4*2-1(3)4;;/h2*4-18,28H,1-3H3;;;;;;;2*1H2/q2*-1;2*+3;4*-1;;/p+2. The first-order chi connectivity index (χ1) is 43.0. The van der Waals surface area contributed by atoms with Crippen molar-refractivity contribution in [2.45, 2.75) is 41.5 Å². The minimum Gasteiger partial charge on any atom is -0.457 e. The van der Waals surface area contributed by atoms with Crippen LogP contribution in [0.15, 0.2) is 183 Å². The van der Waals surface area contributed by atoms with Crippen molar-refractivity contribution in [2.75, 3.05) is 0 Å². The molecule has 12 aromatic rings. The Balaban J connectivity index is 0.000000386. The number of pyridine rings is 6. The van der Waals surface area contributed by atoms with Gasteiger partial charge in [0.2, 0.25) is 0 Å². The van der Waals surface area contributed by atoms with Crippen LogP contribution in [0.1, 0.15) is 34.2 Å². The molecular formula is C54H56B2Gd2N22O14+2. The topological polar surface area (TPSA) is 515 Å². The van der Waals surface area contributed by atoms with Gasteiger partial charge >= 0.3 is 94.1 Å². The van der Waals surface area contributed by atoms with Gasteiger partial charge in [-0.25, -0.2) is 30.6 Å². The van der Waals surface area contributed by atoms with Crippen LogP contribution in [0, 0.1) is 183 Å². The first-order valence-corrected chi connectivity index (χ1v) is 26.6. The van der Waals surface area contributed by atoms with Gasteiger partial charge in [-0.3, -0.25) is 29.9 Å². The van der Waals surface area contributed by atoms with E-state index in [-0.39, 0.29) is 90.8 Å². The maximum atomic E-state index is 8.25.